The lowest BCUT2D eigenvalue weighted by molar-refractivity contribution is 0.110. The molecule has 1 heterocycles. The van der Waals surface area contributed by atoms with Crippen molar-refractivity contribution in [1.82, 2.24) is 14.7 Å². The van der Waals surface area contributed by atoms with Crippen LogP contribution >= 0.6 is 0 Å². The fourth-order valence-corrected chi connectivity index (χ4v) is 2.74. The lowest BCUT2D eigenvalue weighted by Gasteiger charge is -2.36. The van der Waals surface area contributed by atoms with Gasteiger partial charge in [-0.3, -0.25) is 9.80 Å². The van der Waals surface area contributed by atoms with Crippen molar-refractivity contribution >= 4 is 0 Å². The van der Waals surface area contributed by atoms with E-state index in [1.807, 2.05) is 6.92 Å². The number of hydrogen-bond donors (Lipinski definition) is 0. The van der Waals surface area contributed by atoms with Crippen molar-refractivity contribution in [2.24, 2.45) is 0 Å². The summed E-state index contributed by atoms with van der Waals surface area (Å²) in [6.45, 7) is 9.36. The first kappa shape index (κ1) is 16.0. The average molecular weight is 286 g/mol. The lowest BCUT2D eigenvalue weighted by atomic mass is 10.2. The summed E-state index contributed by atoms with van der Waals surface area (Å²) in [6, 6.07) is 13.0. The van der Waals surface area contributed by atoms with Crippen LogP contribution < -0.4 is 0 Å². The molecule has 1 aromatic carbocycles. The van der Waals surface area contributed by atoms with Crippen LogP contribution in [0.15, 0.2) is 30.3 Å². The lowest BCUT2D eigenvalue weighted by Crippen LogP contribution is -2.50. The number of piperazine rings is 1. The highest BCUT2D eigenvalue weighted by Crippen LogP contribution is 2.07. The Morgan fingerprint density at radius 2 is 1.86 bits per heavy atom. The van der Waals surface area contributed by atoms with Gasteiger partial charge in [0.25, 0.3) is 0 Å². The Morgan fingerprint density at radius 1 is 1.19 bits per heavy atom. The van der Waals surface area contributed by atoms with E-state index < -0.39 is 0 Å². The van der Waals surface area contributed by atoms with Gasteiger partial charge in [0.2, 0.25) is 0 Å². The number of benzene rings is 1. The molecule has 0 saturated carbocycles. The minimum absolute atomic E-state index is 0.0490. The second kappa shape index (κ2) is 8.14. The van der Waals surface area contributed by atoms with Gasteiger partial charge in [-0.2, -0.15) is 5.26 Å². The molecule has 1 aliphatic heterocycles. The molecule has 1 aromatic rings. The Bertz CT molecular complexity index is 446. The predicted octanol–water partition coefficient (Wildman–Crippen LogP) is 1.65. The monoisotopic (exact) mass is 286 g/mol. The van der Waals surface area contributed by atoms with Crippen molar-refractivity contribution in [2.45, 2.75) is 19.5 Å². The molecule has 0 amide bonds. The van der Waals surface area contributed by atoms with E-state index in [4.69, 9.17) is 5.26 Å². The summed E-state index contributed by atoms with van der Waals surface area (Å²) < 4.78 is 0. The molecule has 1 aliphatic rings. The Kier molecular flexibility index (Phi) is 6.19. The Hall–Kier alpha value is -1.41. The van der Waals surface area contributed by atoms with E-state index in [1.54, 1.807) is 0 Å². The second-order valence-corrected chi connectivity index (χ2v) is 5.91. The van der Waals surface area contributed by atoms with E-state index >= 15 is 0 Å². The van der Waals surface area contributed by atoms with Crippen LogP contribution in [0.3, 0.4) is 0 Å². The van der Waals surface area contributed by atoms with Gasteiger partial charge in [-0.05, 0) is 19.5 Å². The zero-order chi connectivity index (χ0) is 15.1. The smallest absolute Gasteiger partial charge is 0.0950 e. The summed E-state index contributed by atoms with van der Waals surface area (Å²) in [6.07, 6.45) is 0. The normalized spacial score (nSPS) is 18.6. The van der Waals surface area contributed by atoms with Crippen LogP contribution in [0.5, 0.6) is 0 Å². The zero-order valence-corrected chi connectivity index (χ0v) is 13.2. The summed E-state index contributed by atoms with van der Waals surface area (Å²) in [5, 5.41) is 8.96. The Labute approximate surface area is 128 Å². The highest BCUT2D eigenvalue weighted by Gasteiger charge is 2.20. The molecule has 0 bridgehead atoms. The third-order valence-electron chi connectivity index (χ3n) is 4.23. The van der Waals surface area contributed by atoms with E-state index in [2.05, 4.69) is 58.1 Å². The van der Waals surface area contributed by atoms with Crippen molar-refractivity contribution in [3.8, 4) is 6.07 Å². The van der Waals surface area contributed by atoms with Crippen molar-refractivity contribution in [3.63, 3.8) is 0 Å². The van der Waals surface area contributed by atoms with Crippen molar-refractivity contribution in [3.05, 3.63) is 35.9 Å². The molecule has 2 rings (SSSR count). The van der Waals surface area contributed by atoms with Gasteiger partial charge in [0, 0.05) is 45.8 Å². The van der Waals surface area contributed by atoms with E-state index in [-0.39, 0.29) is 6.04 Å². The van der Waals surface area contributed by atoms with Crippen molar-refractivity contribution < 1.29 is 0 Å². The predicted molar refractivity (Wildman–Crippen MR) is 85.9 cm³/mol. The summed E-state index contributed by atoms with van der Waals surface area (Å²) in [4.78, 5) is 7.14. The first-order valence-corrected chi connectivity index (χ1v) is 7.77. The van der Waals surface area contributed by atoms with Gasteiger partial charge < -0.3 is 4.90 Å². The molecule has 1 fully saturated rings. The maximum atomic E-state index is 8.96. The largest absolute Gasteiger partial charge is 0.301 e. The first-order chi connectivity index (χ1) is 10.2. The molecule has 0 aliphatic carbocycles. The minimum Gasteiger partial charge on any atom is -0.301 e. The van der Waals surface area contributed by atoms with Gasteiger partial charge in [-0.15, -0.1) is 0 Å². The second-order valence-electron chi connectivity index (χ2n) is 5.91. The van der Waals surface area contributed by atoms with E-state index in [0.717, 1.165) is 45.8 Å². The molecule has 0 spiro atoms. The third kappa shape index (κ3) is 5.13. The van der Waals surface area contributed by atoms with Gasteiger partial charge in [0.15, 0.2) is 0 Å². The Morgan fingerprint density at radius 3 is 2.48 bits per heavy atom. The molecule has 4 nitrogen and oxygen atoms in total. The maximum absolute atomic E-state index is 8.96. The zero-order valence-electron chi connectivity index (χ0n) is 13.2. The molecule has 0 unspecified atom stereocenters. The van der Waals surface area contributed by atoms with Gasteiger partial charge in [0.1, 0.15) is 0 Å². The molecule has 114 valence electrons. The van der Waals surface area contributed by atoms with Crippen molar-refractivity contribution in [2.75, 3.05) is 46.3 Å². The molecular formula is C17H26N4. The Balaban J connectivity index is 1.67. The summed E-state index contributed by atoms with van der Waals surface area (Å²) in [5.74, 6) is 0. The topological polar surface area (TPSA) is 33.5 Å². The molecule has 0 aromatic heterocycles. The van der Waals surface area contributed by atoms with Gasteiger partial charge >= 0.3 is 0 Å². The summed E-state index contributed by atoms with van der Waals surface area (Å²) >= 11 is 0. The number of rotatable bonds is 6. The van der Waals surface area contributed by atoms with Gasteiger partial charge in [-0.1, -0.05) is 30.3 Å². The number of nitrogens with zero attached hydrogens (tertiary/aromatic N) is 4. The minimum atomic E-state index is 0.0490. The number of likely N-dealkylation sites (N-methyl/N-ethyl adjacent to an activating group) is 1. The van der Waals surface area contributed by atoms with E-state index in [0.29, 0.717) is 0 Å². The summed E-state index contributed by atoms with van der Waals surface area (Å²) in [5.41, 5.74) is 1.37. The van der Waals surface area contributed by atoms with E-state index in [1.165, 1.54) is 5.56 Å². The number of hydrogen-bond acceptors (Lipinski definition) is 4. The number of nitriles is 1. The van der Waals surface area contributed by atoms with Crippen LogP contribution in [0.1, 0.15) is 12.5 Å². The molecule has 4 heteroatoms. The highest BCUT2D eigenvalue weighted by atomic mass is 15.3. The summed E-state index contributed by atoms with van der Waals surface area (Å²) in [7, 11) is 2.18. The van der Waals surface area contributed by atoms with Crippen LogP contribution in [-0.4, -0.2) is 67.1 Å². The van der Waals surface area contributed by atoms with Crippen LogP contribution in [0.4, 0.5) is 0 Å². The molecule has 0 radical (unpaired) electrons. The molecular weight excluding hydrogens is 260 g/mol. The van der Waals surface area contributed by atoms with Gasteiger partial charge in [-0.25, -0.2) is 0 Å². The SMILES string of the molecule is C[C@H](C#N)N1CCN(CCN(C)Cc2ccccc2)CC1. The van der Waals surface area contributed by atoms with Crippen LogP contribution in [0, 0.1) is 11.3 Å². The molecule has 1 saturated heterocycles. The molecule has 1 atom stereocenters. The van der Waals surface area contributed by atoms with Crippen LogP contribution in [0.25, 0.3) is 0 Å². The fourth-order valence-electron chi connectivity index (χ4n) is 2.74. The van der Waals surface area contributed by atoms with Crippen LogP contribution in [-0.2, 0) is 6.54 Å². The third-order valence-corrected chi connectivity index (χ3v) is 4.23. The van der Waals surface area contributed by atoms with E-state index in [9.17, 15) is 0 Å². The fraction of sp³-hybridized carbons (Fsp3) is 0.588. The standard InChI is InChI=1S/C17H26N4/c1-16(14-18)21-12-10-20(11-13-21)9-8-19(2)15-17-6-4-3-5-7-17/h3-7,16H,8-13,15H2,1-2H3/t16-/m1/s1. The average Bonchev–Trinajstić information content (AvgIpc) is 2.53. The maximum Gasteiger partial charge on any atom is 0.0950 e. The van der Waals surface area contributed by atoms with Gasteiger partial charge in [0.05, 0.1) is 12.1 Å². The van der Waals surface area contributed by atoms with Crippen molar-refractivity contribution in [1.29, 1.82) is 5.26 Å². The first-order valence-electron chi connectivity index (χ1n) is 7.77. The molecule has 0 N–H and O–H groups in total. The quantitative estimate of drug-likeness (QED) is 0.796. The van der Waals surface area contributed by atoms with Crippen LogP contribution in [0.2, 0.25) is 0 Å². The highest BCUT2D eigenvalue weighted by molar-refractivity contribution is 5.14. The molecule has 21 heavy (non-hydrogen) atoms.